The highest BCUT2D eigenvalue weighted by Gasteiger charge is 2.48. The Morgan fingerprint density at radius 1 is 0.512 bits per heavy atom. The lowest BCUT2D eigenvalue weighted by molar-refractivity contribution is -0.0149. The molecule has 0 bridgehead atoms. The fourth-order valence-electron chi connectivity index (χ4n) is 11.8. The van der Waals surface area contributed by atoms with Gasteiger partial charge in [-0.1, -0.05) is 144 Å². The molecule has 41 heavy (non-hydrogen) atoms. The second-order valence-electron chi connectivity index (χ2n) is 16.9. The van der Waals surface area contributed by atoms with Crippen molar-refractivity contribution in [2.45, 2.75) is 189 Å². The number of fused-ring (bicyclic) bond motifs is 1. The van der Waals surface area contributed by atoms with E-state index < -0.39 is 0 Å². The molecule has 10 atom stereocenters. The van der Waals surface area contributed by atoms with Gasteiger partial charge < -0.3 is 0 Å². The fraction of sp³-hybridized carbons (Fsp3) is 1.00. The number of hydrogen-bond donors (Lipinski definition) is 0. The van der Waals surface area contributed by atoms with Crippen LogP contribution in [0.1, 0.15) is 189 Å². The maximum Gasteiger partial charge on any atom is -0.0324 e. The van der Waals surface area contributed by atoms with E-state index in [2.05, 4.69) is 41.5 Å². The summed E-state index contributed by atoms with van der Waals surface area (Å²) in [7, 11) is 0. The third-order valence-corrected chi connectivity index (χ3v) is 14.3. The summed E-state index contributed by atoms with van der Waals surface area (Å²) in [4.78, 5) is 0. The minimum Gasteiger partial charge on any atom is -0.0654 e. The van der Waals surface area contributed by atoms with Crippen molar-refractivity contribution >= 4 is 0 Å². The molecule has 5 aliphatic rings. The third-order valence-electron chi connectivity index (χ3n) is 14.3. The molecule has 0 aliphatic heterocycles. The van der Waals surface area contributed by atoms with Crippen LogP contribution in [-0.2, 0) is 0 Å². The standard InChI is InChI=1S/C24H44.C17H32/c1-5-8-11-22-17(4)15-20-10-9-12-23(20)24(22)21-14-13-18(6-2)19(7-3)16-21;1-3-15-7-9-16(10-8-15)11-12-17-6-4-5-14(2)13-17/h17-24H,5-16H2,1-4H3;14-17H,3-13H2,1-2H3. The first-order chi connectivity index (χ1) is 20.0. The van der Waals surface area contributed by atoms with E-state index in [0.29, 0.717) is 0 Å². The summed E-state index contributed by atoms with van der Waals surface area (Å²) < 4.78 is 0. The lowest BCUT2D eigenvalue weighted by Gasteiger charge is -2.51. The van der Waals surface area contributed by atoms with Crippen LogP contribution in [0.15, 0.2) is 0 Å². The van der Waals surface area contributed by atoms with E-state index >= 15 is 0 Å². The Morgan fingerprint density at radius 3 is 1.90 bits per heavy atom. The molecule has 0 heteroatoms. The van der Waals surface area contributed by atoms with E-state index in [1.165, 1.54) is 77.0 Å². The zero-order valence-corrected chi connectivity index (χ0v) is 29.2. The molecular formula is C41H76. The van der Waals surface area contributed by atoms with Crippen LogP contribution in [0.3, 0.4) is 0 Å². The molecule has 5 fully saturated rings. The number of rotatable bonds is 10. The highest BCUT2D eigenvalue weighted by Crippen LogP contribution is 2.57. The van der Waals surface area contributed by atoms with E-state index in [-0.39, 0.29) is 0 Å². The molecule has 0 radical (unpaired) electrons. The SMILES string of the molecule is CCC1CCC(CCC2CCCC(C)C2)CC1.CCCCC1C(C)CC2CCCC2C1C1CCC(CC)C(CC)C1. The van der Waals surface area contributed by atoms with Crippen molar-refractivity contribution in [2.75, 3.05) is 0 Å². The van der Waals surface area contributed by atoms with Crippen molar-refractivity contribution in [2.24, 2.45) is 71.0 Å². The Kier molecular flexibility index (Phi) is 14.4. The molecule has 0 nitrogen and oxygen atoms in total. The predicted molar refractivity (Wildman–Crippen MR) is 182 cm³/mol. The predicted octanol–water partition coefficient (Wildman–Crippen LogP) is 13.5. The Bertz CT molecular complexity index is 686. The van der Waals surface area contributed by atoms with Gasteiger partial charge in [-0.3, -0.25) is 0 Å². The largest absolute Gasteiger partial charge is 0.0654 e. The summed E-state index contributed by atoms with van der Waals surface area (Å²) in [5.41, 5.74) is 0. The zero-order chi connectivity index (χ0) is 29.2. The average Bonchev–Trinajstić information content (AvgIpc) is 3.47. The van der Waals surface area contributed by atoms with Gasteiger partial charge in [0.05, 0.1) is 0 Å². The van der Waals surface area contributed by atoms with Crippen LogP contribution in [0, 0.1) is 71.0 Å². The Labute approximate surface area is 259 Å². The zero-order valence-electron chi connectivity index (χ0n) is 29.2. The summed E-state index contributed by atoms with van der Waals surface area (Å²) in [6.07, 6.45) is 35.0. The summed E-state index contributed by atoms with van der Waals surface area (Å²) in [5.74, 6) is 12.8. The van der Waals surface area contributed by atoms with Crippen LogP contribution in [0.2, 0.25) is 0 Å². The van der Waals surface area contributed by atoms with Crippen LogP contribution < -0.4 is 0 Å². The molecule has 5 rings (SSSR count). The first kappa shape index (κ1) is 33.9. The molecule has 0 N–H and O–H groups in total. The Morgan fingerprint density at radius 2 is 1.22 bits per heavy atom. The number of unbranched alkanes of at least 4 members (excludes halogenated alkanes) is 1. The highest BCUT2D eigenvalue weighted by atomic mass is 14.5. The maximum absolute atomic E-state index is 2.62. The summed E-state index contributed by atoms with van der Waals surface area (Å²) >= 11 is 0. The molecule has 0 spiro atoms. The van der Waals surface area contributed by atoms with E-state index in [4.69, 9.17) is 0 Å². The molecular weight excluding hydrogens is 492 g/mol. The minimum atomic E-state index is 1.00. The van der Waals surface area contributed by atoms with Gasteiger partial charge in [0.2, 0.25) is 0 Å². The van der Waals surface area contributed by atoms with Gasteiger partial charge in [0.1, 0.15) is 0 Å². The van der Waals surface area contributed by atoms with Gasteiger partial charge in [-0.25, -0.2) is 0 Å². The first-order valence-corrected chi connectivity index (χ1v) is 20.0. The Hall–Kier alpha value is 0. The average molecular weight is 569 g/mol. The van der Waals surface area contributed by atoms with Gasteiger partial charge in [0, 0.05) is 0 Å². The molecule has 5 saturated carbocycles. The number of hydrogen-bond acceptors (Lipinski definition) is 0. The van der Waals surface area contributed by atoms with E-state index in [1.807, 2.05) is 0 Å². The Balaban J connectivity index is 0.000000201. The molecule has 0 aromatic heterocycles. The quantitative estimate of drug-likeness (QED) is 0.246. The molecule has 0 aromatic rings. The molecule has 0 amide bonds. The van der Waals surface area contributed by atoms with Gasteiger partial charge in [-0.15, -0.1) is 0 Å². The van der Waals surface area contributed by atoms with Gasteiger partial charge in [-0.2, -0.15) is 0 Å². The summed E-state index contributed by atoms with van der Waals surface area (Å²) in [6.45, 7) is 14.7. The van der Waals surface area contributed by atoms with Crippen LogP contribution in [0.25, 0.3) is 0 Å². The van der Waals surface area contributed by atoms with Crippen molar-refractivity contribution in [3.8, 4) is 0 Å². The maximum atomic E-state index is 2.62. The van der Waals surface area contributed by atoms with Gasteiger partial charge in [0.15, 0.2) is 0 Å². The second kappa shape index (κ2) is 17.5. The van der Waals surface area contributed by atoms with Gasteiger partial charge in [-0.05, 0) is 116 Å². The second-order valence-corrected chi connectivity index (χ2v) is 16.9. The molecule has 0 heterocycles. The fourth-order valence-corrected chi connectivity index (χ4v) is 11.8. The van der Waals surface area contributed by atoms with E-state index in [0.717, 1.165) is 71.0 Å². The van der Waals surface area contributed by atoms with Crippen LogP contribution in [0.4, 0.5) is 0 Å². The van der Waals surface area contributed by atoms with Crippen molar-refractivity contribution in [1.29, 1.82) is 0 Å². The minimum absolute atomic E-state index is 1.00. The molecule has 10 unspecified atom stereocenters. The molecule has 0 aromatic carbocycles. The van der Waals surface area contributed by atoms with E-state index in [9.17, 15) is 0 Å². The van der Waals surface area contributed by atoms with Gasteiger partial charge in [0.25, 0.3) is 0 Å². The first-order valence-electron chi connectivity index (χ1n) is 20.0. The van der Waals surface area contributed by atoms with Crippen molar-refractivity contribution in [1.82, 2.24) is 0 Å². The van der Waals surface area contributed by atoms with Crippen molar-refractivity contribution in [3.05, 3.63) is 0 Å². The molecule has 5 aliphatic carbocycles. The summed E-state index contributed by atoms with van der Waals surface area (Å²) in [5, 5.41) is 0. The normalized spacial score (nSPS) is 43.2. The molecule has 240 valence electrons. The smallest absolute Gasteiger partial charge is 0.0324 e. The monoisotopic (exact) mass is 569 g/mol. The van der Waals surface area contributed by atoms with Gasteiger partial charge >= 0.3 is 0 Å². The van der Waals surface area contributed by atoms with Crippen LogP contribution in [-0.4, -0.2) is 0 Å². The summed E-state index contributed by atoms with van der Waals surface area (Å²) in [6, 6.07) is 0. The lowest BCUT2D eigenvalue weighted by atomic mass is 9.55. The van der Waals surface area contributed by atoms with Crippen LogP contribution in [0.5, 0.6) is 0 Å². The van der Waals surface area contributed by atoms with Crippen molar-refractivity contribution in [3.63, 3.8) is 0 Å². The highest BCUT2D eigenvalue weighted by molar-refractivity contribution is 4.98. The van der Waals surface area contributed by atoms with Crippen LogP contribution >= 0.6 is 0 Å². The lowest BCUT2D eigenvalue weighted by Crippen LogP contribution is -2.43. The van der Waals surface area contributed by atoms with Crippen molar-refractivity contribution < 1.29 is 0 Å². The topological polar surface area (TPSA) is 0 Å². The third kappa shape index (κ3) is 9.49. The van der Waals surface area contributed by atoms with E-state index in [1.54, 1.807) is 70.6 Å². The molecule has 0 saturated heterocycles.